The van der Waals surface area contributed by atoms with Crippen LogP contribution in [0.3, 0.4) is 0 Å². The fraction of sp³-hybridized carbons (Fsp3) is 0.333. The summed E-state index contributed by atoms with van der Waals surface area (Å²) in [6.07, 6.45) is 0.661. The minimum atomic E-state index is -0.479. The number of benzene rings is 2. The molecule has 0 aliphatic carbocycles. The van der Waals surface area contributed by atoms with E-state index >= 15 is 0 Å². The number of nitrogens with one attached hydrogen (secondary N) is 1. The summed E-state index contributed by atoms with van der Waals surface area (Å²) in [6, 6.07) is 14.5. The van der Waals surface area contributed by atoms with Gasteiger partial charge >= 0.3 is 5.97 Å². The third-order valence-electron chi connectivity index (χ3n) is 4.68. The van der Waals surface area contributed by atoms with Gasteiger partial charge in [-0.3, -0.25) is 9.59 Å². The lowest BCUT2D eigenvalue weighted by Crippen LogP contribution is -2.40. The van der Waals surface area contributed by atoms with Gasteiger partial charge in [-0.15, -0.1) is 0 Å². The molecule has 142 valence electrons. The summed E-state index contributed by atoms with van der Waals surface area (Å²) in [4.78, 5) is 24.6. The third-order valence-corrected chi connectivity index (χ3v) is 4.68. The zero-order chi connectivity index (χ0) is 19.2. The number of para-hydroxylation sites is 1. The van der Waals surface area contributed by atoms with Crippen molar-refractivity contribution in [1.82, 2.24) is 5.32 Å². The molecule has 2 atom stereocenters. The molecule has 0 saturated carbocycles. The van der Waals surface area contributed by atoms with E-state index in [9.17, 15) is 9.59 Å². The van der Waals surface area contributed by atoms with Crippen LogP contribution in [0.2, 0.25) is 0 Å². The predicted octanol–water partition coefficient (Wildman–Crippen LogP) is 2.67. The van der Waals surface area contributed by atoms with Crippen LogP contribution in [-0.4, -0.2) is 32.7 Å². The molecule has 2 aromatic rings. The van der Waals surface area contributed by atoms with E-state index in [4.69, 9.17) is 14.2 Å². The Hall–Kier alpha value is -3.02. The van der Waals surface area contributed by atoms with Gasteiger partial charge in [0.1, 0.15) is 18.1 Å². The average molecular weight is 369 g/mol. The van der Waals surface area contributed by atoms with Crippen LogP contribution in [-0.2, 0) is 20.7 Å². The minimum absolute atomic E-state index is 0.0543. The molecule has 0 aromatic heterocycles. The lowest BCUT2D eigenvalue weighted by molar-refractivity contribution is -0.141. The second-order valence-corrected chi connectivity index (χ2v) is 6.43. The van der Waals surface area contributed by atoms with Gasteiger partial charge in [-0.25, -0.2) is 0 Å². The smallest absolute Gasteiger partial charge is 0.307 e. The van der Waals surface area contributed by atoms with E-state index < -0.39 is 6.04 Å². The van der Waals surface area contributed by atoms with Gasteiger partial charge in [0.2, 0.25) is 5.91 Å². The van der Waals surface area contributed by atoms with Crippen molar-refractivity contribution in [1.29, 1.82) is 0 Å². The second kappa shape index (κ2) is 8.58. The van der Waals surface area contributed by atoms with E-state index in [1.165, 1.54) is 7.11 Å². The highest BCUT2D eigenvalue weighted by Crippen LogP contribution is 2.28. The van der Waals surface area contributed by atoms with Gasteiger partial charge in [0.15, 0.2) is 0 Å². The summed E-state index contributed by atoms with van der Waals surface area (Å²) in [5, 5.41) is 2.98. The number of esters is 1. The Morgan fingerprint density at radius 1 is 1.15 bits per heavy atom. The maximum absolute atomic E-state index is 12.8. The van der Waals surface area contributed by atoms with Gasteiger partial charge in [0.25, 0.3) is 0 Å². The SMILES string of the molecule is COC(=O)CC(NC(=O)C1COc2ccccc2C1)c1ccc(OC)cc1. The Labute approximate surface area is 158 Å². The highest BCUT2D eigenvalue weighted by molar-refractivity contribution is 5.81. The third kappa shape index (κ3) is 4.58. The van der Waals surface area contributed by atoms with Crippen LogP contribution >= 0.6 is 0 Å². The Bertz CT molecular complexity index is 802. The number of methoxy groups -OCH3 is 2. The Morgan fingerprint density at radius 2 is 1.89 bits per heavy atom. The van der Waals surface area contributed by atoms with E-state index in [1.54, 1.807) is 19.2 Å². The second-order valence-electron chi connectivity index (χ2n) is 6.43. The molecule has 0 spiro atoms. The predicted molar refractivity (Wildman–Crippen MR) is 99.6 cm³/mol. The zero-order valence-electron chi connectivity index (χ0n) is 15.4. The number of fused-ring (bicyclic) bond motifs is 1. The molecule has 1 N–H and O–H groups in total. The highest BCUT2D eigenvalue weighted by atomic mass is 16.5. The molecule has 1 heterocycles. The number of amides is 1. The topological polar surface area (TPSA) is 73.9 Å². The van der Waals surface area contributed by atoms with Crippen molar-refractivity contribution in [2.45, 2.75) is 18.9 Å². The standard InChI is InChI=1S/C21H23NO5/c1-25-17-9-7-14(8-10-17)18(12-20(23)26-2)22-21(24)16-11-15-5-3-4-6-19(15)27-13-16/h3-10,16,18H,11-13H2,1-2H3,(H,22,24). The van der Waals surface area contributed by atoms with Crippen molar-refractivity contribution in [3.05, 3.63) is 59.7 Å². The number of hydrogen-bond acceptors (Lipinski definition) is 5. The summed E-state index contributed by atoms with van der Waals surface area (Å²) in [5.41, 5.74) is 1.82. The summed E-state index contributed by atoms with van der Waals surface area (Å²) in [6.45, 7) is 0.316. The number of hydrogen-bond donors (Lipinski definition) is 1. The Balaban J connectivity index is 1.73. The van der Waals surface area contributed by atoms with Crippen LogP contribution in [0, 0.1) is 5.92 Å². The van der Waals surface area contributed by atoms with Gasteiger partial charge in [-0.05, 0) is 35.7 Å². The molecule has 0 radical (unpaired) electrons. The van der Waals surface area contributed by atoms with Crippen LogP contribution in [0.5, 0.6) is 11.5 Å². The van der Waals surface area contributed by atoms with Crippen LogP contribution in [0.4, 0.5) is 0 Å². The average Bonchev–Trinajstić information content (AvgIpc) is 2.72. The van der Waals surface area contributed by atoms with Gasteiger partial charge in [0, 0.05) is 0 Å². The molecular formula is C21H23NO5. The van der Waals surface area contributed by atoms with Crippen molar-refractivity contribution in [3.8, 4) is 11.5 Å². The molecule has 2 unspecified atom stereocenters. The fourth-order valence-electron chi connectivity index (χ4n) is 3.12. The van der Waals surface area contributed by atoms with Gasteiger partial charge < -0.3 is 19.5 Å². The lowest BCUT2D eigenvalue weighted by Gasteiger charge is -2.27. The number of carbonyl (C=O) groups is 2. The quantitative estimate of drug-likeness (QED) is 0.793. The largest absolute Gasteiger partial charge is 0.497 e. The van der Waals surface area contributed by atoms with Gasteiger partial charge in [-0.2, -0.15) is 0 Å². The molecule has 0 saturated heterocycles. The van der Waals surface area contributed by atoms with Crippen LogP contribution in [0.1, 0.15) is 23.6 Å². The van der Waals surface area contributed by atoms with Crippen molar-refractivity contribution >= 4 is 11.9 Å². The summed E-state index contributed by atoms with van der Waals surface area (Å²) in [5.74, 6) is 0.691. The lowest BCUT2D eigenvalue weighted by atomic mass is 9.95. The molecular weight excluding hydrogens is 346 g/mol. The van der Waals surface area contributed by atoms with Gasteiger partial charge in [0.05, 0.1) is 32.6 Å². The summed E-state index contributed by atoms with van der Waals surface area (Å²) < 4.78 is 15.7. The first-order valence-corrected chi connectivity index (χ1v) is 8.82. The van der Waals surface area contributed by atoms with E-state index in [1.807, 2.05) is 36.4 Å². The normalized spacial score (nSPS) is 16.4. The molecule has 1 aliphatic rings. The molecule has 1 aliphatic heterocycles. The van der Waals surface area contributed by atoms with Crippen molar-refractivity contribution in [2.75, 3.05) is 20.8 Å². The maximum atomic E-state index is 12.8. The molecule has 3 rings (SSSR count). The van der Waals surface area contributed by atoms with Crippen LogP contribution < -0.4 is 14.8 Å². The Kier molecular flexibility index (Phi) is 5.96. The maximum Gasteiger partial charge on any atom is 0.307 e. The zero-order valence-corrected chi connectivity index (χ0v) is 15.4. The van der Waals surface area contributed by atoms with Crippen LogP contribution in [0.15, 0.2) is 48.5 Å². The van der Waals surface area contributed by atoms with E-state index in [-0.39, 0.29) is 24.2 Å². The first kappa shape index (κ1) is 18.8. The number of ether oxygens (including phenoxy) is 3. The molecule has 27 heavy (non-hydrogen) atoms. The van der Waals surface area contributed by atoms with E-state index in [0.29, 0.717) is 18.8 Å². The number of carbonyl (C=O) groups excluding carboxylic acids is 2. The summed E-state index contributed by atoms with van der Waals surface area (Å²) in [7, 11) is 2.92. The number of rotatable bonds is 6. The summed E-state index contributed by atoms with van der Waals surface area (Å²) >= 11 is 0. The Morgan fingerprint density at radius 3 is 2.59 bits per heavy atom. The first-order chi connectivity index (χ1) is 13.1. The van der Waals surface area contributed by atoms with Gasteiger partial charge in [-0.1, -0.05) is 30.3 Å². The van der Waals surface area contributed by atoms with Crippen molar-refractivity contribution in [3.63, 3.8) is 0 Å². The molecule has 6 heteroatoms. The minimum Gasteiger partial charge on any atom is -0.497 e. The van der Waals surface area contributed by atoms with E-state index in [0.717, 1.165) is 16.9 Å². The monoisotopic (exact) mass is 369 g/mol. The molecule has 2 aromatic carbocycles. The molecule has 1 amide bonds. The molecule has 6 nitrogen and oxygen atoms in total. The van der Waals surface area contributed by atoms with Crippen molar-refractivity contribution in [2.24, 2.45) is 5.92 Å². The van der Waals surface area contributed by atoms with E-state index in [2.05, 4.69) is 5.32 Å². The fourth-order valence-corrected chi connectivity index (χ4v) is 3.12. The van der Waals surface area contributed by atoms with Crippen LogP contribution in [0.25, 0.3) is 0 Å². The molecule has 0 bridgehead atoms. The highest BCUT2D eigenvalue weighted by Gasteiger charge is 2.28. The van der Waals surface area contributed by atoms with Crippen molar-refractivity contribution < 1.29 is 23.8 Å². The molecule has 0 fully saturated rings. The first-order valence-electron chi connectivity index (χ1n) is 8.82.